The van der Waals surface area contributed by atoms with Crippen molar-refractivity contribution in [1.82, 2.24) is 0 Å². The molecule has 0 fully saturated rings. The third-order valence-electron chi connectivity index (χ3n) is 2.96. The number of carbonyl (C=O) groups is 1. The molecular formula is C14H19N3O2. The lowest BCUT2D eigenvalue weighted by molar-refractivity contribution is 0.0527. The second-order valence-electron chi connectivity index (χ2n) is 4.29. The zero-order chi connectivity index (χ0) is 14.4. The van der Waals surface area contributed by atoms with Crippen LogP contribution < -0.4 is 10.6 Å². The summed E-state index contributed by atoms with van der Waals surface area (Å²) in [7, 11) is 1.82. The zero-order valence-electron chi connectivity index (χ0n) is 11.5. The Bertz CT molecular complexity index is 494. The Hall–Kier alpha value is -2.22. The number of nitrogen functional groups attached to an aromatic ring is 1. The predicted octanol–water partition coefficient (Wildman–Crippen LogP) is 2.18. The Morgan fingerprint density at radius 1 is 1.58 bits per heavy atom. The summed E-state index contributed by atoms with van der Waals surface area (Å²) in [5.41, 5.74) is 7.50. The molecule has 0 saturated carbocycles. The number of nitrogens with zero attached hydrogens (tertiary/aromatic N) is 2. The summed E-state index contributed by atoms with van der Waals surface area (Å²) in [6, 6.07) is 7.20. The Morgan fingerprint density at radius 3 is 2.84 bits per heavy atom. The minimum absolute atomic E-state index is 0.0390. The van der Waals surface area contributed by atoms with E-state index in [1.807, 2.05) is 18.9 Å². The largest absolute Gasteiger partial charge is 0.462 e. The summed E-state index contributed by atoms with van der Waals surface area (Å²) < 4.78 is 5.03. The van der Waals surface area contributed by atoms with Gasteiger partial charge in [-0.15, -0.1) is 0 Å². The van der Waals surface area contributed by atoms with Crippen LogP contribution in [-0.4, -0.2) is 25.7 Å². The molecule has 2 N–H and O–H groups in total. The number of anilines is 2. The van der Waals surface area contributed by atoms with E-state index in [4.69, 9.17) is 15.7 Å². The molecule has 5 heteroatoms. The third-order valence-corrected chi connectivity index (χ3v) is 2.96. The van der Waals surface area contributed by atoms with E-state index < -0.39 is 5.97 Å². The van der Waals surface area contributed by atoms with Crippen LogP contribution in [0.1, 0.15) is 30.6 Å². The number of para-hydroxylation sites is 1. The highest BCUT2D eigenvalue weighted by Crippen LogP contribution is 2.29. The van der Waals surface area contributed by atoms with Crippen molar-refractivity contribution >= 4 is 17.3 Å². The number of hydrogen-bond acceptors (Lipinski definition) is 5. The SMILES string of the molecule is CCOC(=O)c1cccc(N)c1N(C)C(C)CC#N. The van der Waals surface area contributed by atoms with E-state index in [1.165, 1.54) is 0 Å². The van der Waals surface area contributed by atoms with Crippen molar-refractivity contribution in [2.24, 2.45) is 0 Å². The van der Waals surface area contributed by atoms with Gasteiger partial charge in [0, 0.05) is 13.1 Å². The minimum atomic E-state index is -0.402. The van der Waals surface area contributed by atoms with Crippen molar-refractivity contribution in [1.29, 1.82) is 5.26 Å². The average molecular weight is 261 g/mol. The van der Waals surface area contributed by atoms with Crippen LogP contribution in [0.4, 0.5) is 11.4 Å². The maximum atomic E-state index is 11.9. The lowest BCUT2D eigenvalue weighted by atomic mass is 10.1. The Labute approximate surface area is 113 Å². The Kier molecular flexibility index (Phi) is 5.19. The van der Waals surface area contributed by atoms with Crippen molar-refractivity contribution in [3.05, 3.63) is 23.8 Å². The van der Waals surface area contributed by atoms with Gasteiger partial charge in [0.15, 0.2) is 0 Å². The molecule has 0 aliphatic rings. The zero-order valence-corrected chi connectivity index (χ0v) is 11.5. The molecular weight excluding hydrogens is 242 g/mol. The fraction of sp³-hybridized carbons (Fsp3) is 0.429. The highest BCUT2D eigenvalue weighted by molar-refractivity contribution is 5.99. The van der Waals surface area contributed by atoms with Gasteiger partial charge in [-0.05, 0) is 26.0 Å². The summed E-state index contributed by atoms with van der Waals surface area (Å²) in [4.78, 5) is 13.8. The summed E-state index contributed by atoms with van der Waals surface area (Å²) in [5, 5.41) is 8.76. The number of ether oxygens (including phenoxy) is 1. The van der Waals surface area contributed by atoms with Gasteiger partial charge in [-0.25, -0.2) is 4.79 Å². The molecule has 0 amide bonds. The molecule has 0 spiro atoms. The molecule has 0 heterocycles. The first-order valence-corrected chi connectivity index (χ1v) is 6.18. The van der Waals surface area contributed by atoms with Crippen LogP contribution >= 0.6 is 0 Å². The maximum absolute atomic E-state index is 11.9. The molecule has 0 aliphatic carbocycles. The first-order valence-electron chi connectivity index (χ1n) is 6.18. The van der Waals surface area contributed by atoms with Gasteiger partial charge < -0.3 is 15.4 Å². The maximum Gasteiger partial charge on any atom is 0.340 e. The van der Waals surface area contributed by atoms with Gasteiger partial charge in [0.1, 0.15) is 0 Å². The normalized spacial score (nSPS) is 11.5. The summed E-state index contributed by atoms with van der Waals surface area (Å²) in [6.07, 6.45) is 0.354. The molecule has 1 aromatic rings. The fourth-order valence-electron chi connectivity index (χ4n) is 1.82. The minimum Gasteiger partial charge on any atom is -0.462 e. The molecule has 102 valence electrons. The standard InChI is InChI=1S/C14H19N3O2/c1-4-19-14(18)11-6-5-7-12(16)13(11)17(3)10(2)8-9-15/h5-7,10H,4,8,16H2,1-3H3. The monoisotopic (exact) mass is 261 g/mol. The molecule has 0 aliphatic heterocycles. The van der Waals surface area contributed by atoms with Gasteiger partial charge in [-0.2, -0.15) is 5.26 Å². The summed E-state index contributed by atoms with van der Waals surface area (Å²) >= 11 is 0. The number of carbonyl (C=O) groups excluding carboxylic acids is 1. The predicted molar refractivity (Wildman–Crippen MR) is 74.9 cm³/mol. The van der Waals surface area contributed by atoms with Crippen molar-refractivity contribution in [2.75, 3.05) is 24.3 Å². The Morgan fingerprint density at radius 2 is 2.26 bits per heavy atom. The van der Waals surface area contributed by atoms with Crippen LogP contribution in [0, 0.1) is 11.3 Å². The highest BCUT2D eigenvalue weighted by Gasteiger charge is 2.20. The van der Waals surface area contributed by atoms with E-state index in [-0.39, 0.29) is 6.04 Å². The molecule has 1 aromatic carbocycles. The molecule has 0 bridgehead atoms. The van der Waals surface area contributed by atoms with Crippen molar-refractivity contribution in [3.63, 3.8) is 0 Å². The van der Waals surface area contributed by atoms with E-state index in [1.54, 1.807) is 25.1 Å². The van der Waals surface area contributed by atoms with Gasteiger partial charge in [-0.3, -0.25) is 0 Å². The highest BCUT2D eigenvalue weighted by atomic mass is 16.5. The molecule has 1 rings (SSSR count). The van der Waals surface area contributed by atoms with Crippen molar-refractivity contribution in [3.8, 4) is 6.07 Å². The lowest BCUT2D eigenvalue weighted by Gasteiger charge is -2.28. The van der Waals surface area contributed by atoms with Crippen LogP contribution in [0.2, 0.25) is 0 Å². The summed E-state index contributed by atoms with van der Waals surface area (Å²) in [6.45, 7) is 3.97. The van der Waals surface area contributed by atoms with Crippen LogP contribution in [0.5, 0.6) is 0 Å². The smallest absolute Gasteiger partial charge is 0.340 e. The van der Waals surface area contributed by atoms with E-state index in [0.29, 0.717) is 30.0 Å². The van der Waals surface area contributed by atoms with Crippen LogP contribution in [0.3, 0.4) is 0 Å². The number of nitrogens with two attached hydrogens (primary N) is 1. The van der Waals surface area contributed by atoms with Gasteiger partial charge in [-0.1, -0.05) is 6.07 Å². The molecule has 0 saturated heterocycles. The van der Waals surface area contributed by atoms with Crippen LogP contribution in [-0.2, 0) is 4.74 Å². The fourth-order valence-corrected chi connectivity index (χ4v) is 1.82. The average Bonchev–Trinajstić information content (AvgIpc) is 2.38. The van der Waals surface area contributed by atoms with Crippen LogP contribution in [0.15, 0.2) is 18.2 Å². The van der Waals surface area contributed by atoms with E-state index in [0.717, 1.165) is 0 Å². The molecule has 5 nitrogen and oxygen atoms in total. The van der Waals surface area contributed by atoms with Crippen LogP contribution in [0.25, 0.3) is 0 Å². The number of rotatable bonds is 5. The number of nitriles is 1. The van der Waals surface area contributed by atoms with E-state index in [9.17, 15) is 4.79 Å². The van der Waals surface area contributed by atoms with Gasteiger partial charge in [0.2, 0.25) is 0 Å². The molecule has 19 heavy (non-hydrogen) atoms. The first-order chi connectivity index (χ1) is 9.02. The molecule has 1 atom stereocenters. The van der Waals surface area contributed by atoms with Gasteiger partial charge in [0.05, 0.1) is 36.0 Å². The third kappa shape index (κ3) is 3.38. The topological polar surface area (TPSA) is 79.3 Å². The lowest BCUT2D eigenvalue weighted by Crippen LogP contribution is -2.30. The van der Waals surface area contributed by atoms with E-state index >= 15 is 0 Å². The second-order valence-corrected chi connectivity index (χ2v) is 4.29. The number of esters is 1. The molecule has 1 unspecified atom stereocenters. The van der Waals surface area contributed by atoms with E-state index in [2.05, 4.69) is 6.07 Å². The number of benzene rings is 1. The molecule has 0 aromatic heterocycles. The second kappa shape index (κ2) is 6.64. The number of hydrogen-bond donors (Lipinski definition) is 1. The molecule has 0 radical (unpaired) electrons. The summed E-state index contributed by atoms with van der Waals surface area (Å²) in [5.74, 6) is -0.402. The first kappa shape index (κ1) is 14.8. The van der Waals surface area contributed by atoms with Gasteiger partial charge in [0.25, 0.3) is 0 Å². The Balaban J connectivity index is 3.18. The van der Waals surface area contributed by atoms with Crippen molar-refractivity contribution in [2.45, 2.75) is 26.3 Å². The quantitative estimate of drug-likeness (QED) is 0.649. The van der Waals surface area contributed by atoms with Gasteiger partial charge >= 0.3 is 5.97 Å². The van der Waals surface area contributed by atoms with Crippen molar-refractivity contribution < 1.29 is 9.53 Å².